The quantitative estimate of drug-likeness (QED) is 0.803. The van der Waals surface area contributed by atoms with Gasteiger partial charge in [0, 0.05) is 37.1 Å². The van der Waals surface area contributed by atoms with Crippen molar-refractivity contribution in [2.75, 3.05) is 0 Å². The van der Waals surface area contributed by atoms with E-state index in [2.05, 4.69) is 10.1 Å². The molecule has 0 aliphatic heterocycles. The Morgan fingerprint density at radius 3 is 2.52 bits per heavy atom. The van der Waals surface area contributed by atoms with Crippen molar-refractivity contribution >= 4 is 0 Å². The van der Waals surface area contributed by atoms with Gasteiger partial charge in [0.05, 0.1) is 11.4 Å². The molecule has 3 rings (SSSR count). The fourth-order valence-electron chi connectivity index (χ4n) is 2.24. The van der Waals surface area contributed by atoms with Gasteiger partial charge < -0.3 is 5.73 Å². The van der Waals surface area contributed by atoms with Crippen LogP contribution >= 0.6 is 0 Å². The third-order valence-corrected chi connectivity index (χ3v) is 3.33. The summed E-state index contributed by atoms with van der Waals surface area (Å²) in [5.74, 6) is -0.254. The standard InChI is InChI=1S/C16H15FN4/c1-21-7-6-15(20-21)14-8-12(10-19-16(14)9-18)11-2-4-13(17)5-3-11/h2-8,10H,9,18H2,1H3. The molecule has 0 saturated heterocycles. The van der Waals surface area contributed by atoms with Gasteiger partial charge in [0.1, 0.15) is 5.82 Å². The molecule has 0 atom stereocenters. The summed E-state index contributed by atoms with van der Waals surface area (Å²) >= 11 is 0. The van der Waals surface area contributed by atoms with Crippen LogP contribution in [0.4, 0.5) is 4.39 Å². The molecule has 2 heterocycles. The fraction of sp³-hybridized carbons (Fsp3) is 0.125. The number of benzene rings is 1. The van der Waals surface area contributed by atoms with Gasteiger partial charge >= 0.3 is 0 Å². The van der Waals surface area contributed by atoms with Crippen LogP contribution in [-0.2, 0) is 13.6 Å². The lowest BCUT2D eigenvalue weighted by atomic mass is 10.0. The molecule has 1 aromatic carbocycles. The van der Waals surface area contributed by atoms with Gasteiger partial charge in [-0.2, -0.15) is 5.10 Å². The van der Waals surface area contributed by atoms with Crippen LogP contribution in [0.2, 0.25) is 0 Å². The predicted molar refractivity (Wildman–Crippen MR) is 79.7 cm³/mol. The zero-order valence-electron chi connectivity index (χ0n) is 11.6. The molecular formula is C16H15FN4. The molecule has 0 amide bonds. The first-order chi connectivity index (χ1) is 10.2. The van der Waals surface area contributed by atoms with Crippen molar-refractivity contribution in [3.05, 3.63) is 60.3 Å². The summed E-state index contributed by atoms with van der Waals surface area (Å²) in [5, 5.41) is 4.40. The van der Waals surface area contributed by atoms with Gasteiger partial charge in [0.25, 0.3) is 0 Å². The van der Waals surface area contributed by atoms with Crippen molar-refractivity contribution in [2.45, 2.75) is 6.54 Å². The minimum atomic E-state index is -0.254. The lowest BCUT2D eigenvalue weighted by Gasteiger charge is -2.08. The first-order valence-corrected chi connectivity index (χ1v) is 6.62. The Morgan fingerprint density at radius 1 is 1.14 bits per heavy atom. The summed E-state index contributed by atoms with van der Waals surface area (Å²) in [6.45, 7) is 0.343. The molecule has 0 bridgehead atoms. The largest absolute Gasteiger partial charge is 0.325 e. The number of nitrogens with two attached hydrogens (primary N) is 1. The molecule has 0 aliphatic rings. The van der Waals surface area contributed by atoms with Gasteiger partial charge in [-0.1, -0.05) is 12.1 Å². The maximum atomic E-state index is 13.0. The number of aromatic nitrogens is 3. The van der Waals surface area contributed by atoms with Gasteiger partial charge in [0.15, 0.2) is 0 Å². The van der Waals surface area contributed by atoms with Crippen LogP contribution in [0.3, 0.4) is 0 Å². The Labute approximate surface area is 122 Å². The summed E-state index contributed by atoms with van der Waals surface area (Å²) in [5.41, 5.74) is 10.1. The Balaban J connectivity index is 2.10. The second-order valence-corrected chi connectivity index (χ2v) is 4.80. The first kappa shape index (κ1) is 13.5. The lowest BCUT2D eigenvalue weighted by molar-refractivity contribution is 0.628. The number of pyridine rings is 1. The smallest absolute Gasteiger partial charge is 0.123 e. The molecule has 0 spiro atoms. The summed E-state index contributed by atoms with van der Waals surface area (Å²) in [7, 11) is 1.86. The Morgan fingerprint density at radius 2 is 1.90 bits per heavy atom. The highest BCUT2D eigenvalue weighted by Crippen LogP contribution is 2.27. The van der Waals surface area contributed by atoms with Crippen molar-refractivity contribution in [1.82, 2.24) is 14.8 Å². The maximum Gasteiger partial charge on any atom is 0.123 e. The van der Waals surface area contributed by atoms with Gasteiger partial charge in [0.2, 0.25) is 0 Å². The number of aryl methyl sites for hydroxylation is 1. The van der Waals surface area contributed by atoms with E-state index in [1.165, 1.54) is 12.1 Å². The van der Waals surface area contributed by atoms with E-state index < -0.39 is 0 Å². The SMILES string of the molecule is Cn1ccc(-c2cc(-c3ccc(F)cc3)cnc2CN)n1. The van der Waals surface area contributed by atoms with E-state index in [9.17, 15) is 4.39 Å². The van der Waals surface area contributed by atoms with Crippen LogP contribution in [0.1, 0.15) is 5.69 Å². The van der Waals surface area contributed by atoms with Crippen LogP contribution in [0, 0.1) is 5.82 Å². The van der Waals surface area contributed by atoms with E-state index in [1.807, 2.05) is 25.4 Å². The van der Waals surface area contributed by atoms with E-state index in [4.69, 9.17) is 5.73 Å². The number of rotatable bonds is 3. The normalized spacial score (nSPS) is 10.8. The molecule has 21 heavy (non-hydrogen) atoms. The molecule has 0 radical (unpaired) electrons. The number of hydrogen-bond donors (Lipinski definition) is 1. The molecular weight excluding hydrogens is 267 g/mol. The molecule has 2 N–H and O–H groups in total. The minimum Gasteiger partial charge on any atom is -0.325 e. The van der Waals surface area contributed by atoms with Gasteiger partial charge in [-0.15, -0.1) is 0 Å². The van der Waals surface area contributed by atoms with Crippen molar-refractivity contribution < 1.29 is 4.39 Å². The lowest BCUT2D eigenvalue weighted by Crippen LogP contribution is -2.03. The van der Waals surface area contributed by atoms with Crippen LogP contribution in [0.15, 0.2) is 48.8 Å². The topological polar surface area (TPSA) is 56.7 Å². The maximum absolute atomic E-state index is 13.0. The second kappa shape index (κ2) is 5.46. The highest BCUT2D eigenvalue weighted by molar-refractivity contribution is 5.71. The van der Waals surface area contributed by atoms with Crippen molar-refractivity contribution in [1.29, 1.82) is 0 Å². The number of halogens is 1. The molecule has 0 saturated carbocycles. The van der Waals surface area contributed by atoms with E-state index in [-0.39, 0.29) is 5.82 Å². The summed E-state index contributed by atoms with van der Waals surface area (Å²) < 4.78 is 14.8. The predicted octanol–water partition coefficient (Wildman–Crippen LogP) is 2.75. The third kappa shape index (κ3) is 2.68. The molecule has 3 aromatic rings. The Kier molecular flexibility index (Phi) is 3.50. The zero-order chi connectivity index (χ0) is 14.8. The Hall–Kier alpha value is -2.53. The molecule has 5 heteroatoms. The van der Waals surface area contributed by atoms with E-state index >= 15 is 0 Å². The molecule has 2 aromatic heterocycles. The number of hydrogen-bond acceptors (Lipinski definition) is 3. The van der Waals surface area contributed by atoms with Crippen molar-refractivity contribution in [3.8, 4) is 22.4 Å². The highest BCUT2D eigenvalue weighted by Gasteiger charge is 2.10. The van der Waals surface area contributed by atoms with Gasteiger partial charge in [-0.05, 0) is 29.8 Å². The summed E-state index contributed by atoms with van der Waals surface area (Å²) in [4.78, 5) is 4.41. The monoisotopic (exact) mass is 282 g/mol. The first-order valence-electron chi connectivity index (χ1n) is 6.62. The summed E-state index contributed by atoms with van der Waals surface area (Å²) in [6, 6.07) is 10.3. The van der Waals surface area contributed by atoms with Crippen LogP contribution in [0.5, 0.6) is 0 Å². The Bertz CT molecular complexity index is 762. The van der Waals surface area contributed by atoms with E-state index in [0.29, 0.717) is 6.54 Å². The fourth-order valence-corrected chi connectivity index (χ4v) is 2.24. The van der Waals surface area contributed by atoms with E-state index in [0.717, 1.165) is 28.1 Å². The molecule has 4 nitrogen and oxygen atoms in total. The zero-order valence-corrected chi connectivity index (χ0v) is 11.6. The van der Waals surface area contributed by atoms with Crippen LogP contribution < -0.4 is 5.73 Å². The molecule has 0 fully saturated rings. The molecule has 106 valence electrons. The molecule has 0 aliphatic carbocycles. The minimum absolute atomic E-state index is 0.254. The van der Waals surface area contributed by atoms with E-state index in [1.54, 1.807) is 23.0 Å². The number of nitrogens with zero attached hydrogens (tertiary/aromatic N) is 3. The van der Waals surface area contributed by atoms with Crippen LogP contribution in [-0.4, -0.2) is 14.8 Å². The van der Waals surface area contributed by atoms with Crippen molar-refractivity contribution in [3.63, 3.8) is 0 Å². The highest BCUT2D eigenvalue weighted by atomic mass is 19.1. The second-order valence-electron chi connectivity index (χ2n) is 4.80. The average molecular weight is 282 g/mol. The van der Waals surface area contributed by atoms with Crippen LogP contribution in [0.25, 0.3) is 22.4 Å². The van der Waals surface area contributed by atoms with Crippen molar-refractivity contribution in [2.24, 2.45) is 12.8 Å². The van der Waals surface area contributed by atoms with Gasteiger partial charge in [-0.3, -0.25) is 9.67 Å². The third-order valence-electron chi connectivity index (χ3n) is 3.33. The average Bonchev–Trinajstić information content (AvgIpc) is 2.94. The van der Waals surface area contributed by atoms with Gasteiger partial charge in [-0.25, -0.2) is 4.39 Å². The molecule has 0 unspecified atom stereocenters. The summed E-state index contributed by atoms with van der Waals surface area (Å²) in [6.07, 6.45) is 3.63.